The highest BCUT2D eigenvalue weighted by molar-refractivity contribution is 6.06. The lowest BCUT2D eigenvalue weighted by molar-refractivity contribution is 0.0951. The molecule has 0 bridgehead atoms. The van der Waals surface area contributed by atoms with Crippen LogP contribution >= 0.6 is 0 Å². The Morgan fingerprint density at radius 3 is 2.38 bits per heavy atom. The molecule has 1 heterocycles. The minimum atomic E-state index is -0.234. The number of pyridine rings is 1. The molecule has 29 heavy (non-hydrogen) atoms. The highest BCUT2D eigenvalue weighted by Gasteiger charge is 2.15. The molecular formula is C24H25N3O2. The summed E-state index contributed by atoms with van der Waals surface area (Å²) in [6.07, 6.45) is 3.39. The summed E-state index contributed by atoms with van der Waals surface area (Å²) in [6, 6.07) is 16.4. The van der Waals surface area contributed by atoms with Gasteiger partial charge < -0.3 is 10.6 Å². The molecule has 0 atom stereocenters. The Labute approximate surface area is 171 Å². The van der Waals surface area contributed by atoms with Crippen LogP contribution < -0.4 is 10.6 Å². The largest absolute Gasteiger partial charge is 0.348 e. The molecule has 148 valence electrons. The van der Waals surface area contributed by atoms with Crippen LogP contribution in [0.3, 0.4) is 0 Å². The number of amides is 2. The lowest BCUT2D eigenvalue weighted by atomic mass is 9.98. The normalized spacial score (nSPS) is 10.6. The number of nitrogens with zero attached hydrogens (tertiary/aromatic N) is 1. The first kappa shape index (κ1) is 20.3. The number of carbonyl (C=O) groups is 2. The summed E-state index contributed by atoms with van der Waals surface area (Å²) in [6.45, 7) is 6.54. The first-order valence-electron chi connectivity index (χ1n) is 9.63. The zero-order chi connectivity index (χ0) is 20.8. The van der Waals surface area contributed by atoms with E-state index in [2.05, 4.69) is 29.5 Å². The minimum Gasteiger partial charge on any atom is -0.348 e. The lowest BCUT2D eigenvalue weighted by Gasteiger charge is -2.16. The molecule has 5 nitrogen and oxygen atoms in total. The van der Waals surface area contributed by atoms with Gasteiger partial charge in [-0.2, -0.15) is 0 Å². The van der Waals surface area contributed by atoms with Gasteiger partial charge in [-0.15, -0.1) is 0 Å². The Balaban J connectivity index is 1.74. The molecule has 0 aliphatic rings. The predicted octanol–water partition coefficient (Wildman–Crippen LogP) is 4.70. The maximum absolute atomic E-state index is 12.8. The van der Waals surface area contributed by atoms with Crippen LogP contribution in [0.1, 0.15) is 57.2 Å². The van der Waals surface area contributed by atoms with Gasteiger partial charge in [-0.25, -0.2) is 0 Å². The van der Waals surface area contributed by atoms with Gasteiger partial charge in [0.05, 0.1) is 0 Å². The topological polar surface area (TPSA) is 71.1 Å². The number of nitrogens with one attached hydrogen (secondary N) is 2. The van der Waals surface area contributed by atoms with E-state index >= 15 is 0 Å². The Bertz CT molecular complexity index is 1010. The summed E-state index contributed by atoms with van der Waals surface area (Å²) in [5.41, 5.74) is 4.72. The highest BCUT2D eigenvalue weighted by atomic mass is 16.2. The molecular weight excluding hydrogens is 362 g/mol. The SMILES string of the molecule is Cc1cccc(C(C)C)c1NC(=O)c1cccc(C(=O)NCc2cccnc2)c1. The van der Waals surface area contributed by atoms with Crippen LogP contribution in [0.5, 0.6) is 0 Å². The van der Waals surface area contributed by atoms with Crippen molar-refractivity contribution in [2.45, 2.75) is 33.2 Å². The first-order valence-corrected chi connectivity index (χ1v) is 9.63. The summed E-state index contributed by atoms with van der Waals surface area (Å²) in [5.74, 6) is -0.180. The molecule has 0 aliphatic carbocycles. The minimum absolute atomic E-state index is 0.233. The number of hydrogen-bond acceptors (Lipinski definition) is 3. The third kappa shape index (κ3) is 5.08. The van der Waals surface area contributed by atoms with E-state index < -0.39 is 0 Å². The maximum Gasteiger partial charge on any atom is 0.255 e. The van der Waals surface area contributed by atoms with Crippen molar-refractivity contribution in [1.29, 1.82) is 0 Å². The van der Waals surface area contributed by atoms with E-state index in [-0.39, 0.29) is 17.7 Å². The number of aromatic nitrogens is 1. The van der Waals surface area contributed by atoms with Gasteiger partial charge in [-0.05, 0) is 53.8 Å². The van der Waals surface area contributed by atoms with Crippen molar-refractivity contribution >= 4 is 17.5 Å². The Morgan fingerprint density at radius 2 is 1.69 bits per heavy atom. The summed E-state index contributed by atoms with van der Waals surface area (Å²) < 4.78 is 0. The third-order valence-electron chi connectivity index (χ3n) is 4.73. The van der Waals surface area contributed by atoms with Gasteiger partial charge in [0.15, 0.2) is 0 Å². The van der Waals surface area contributed by atoms with Gasteiger partial charge in [-0.1, -0.05) is 44.2 Å². The monoisotopic (exact) mass is 387 g/mol. The number of para-hydroxylation sites is 1. The first-order chi connectivity index (χ1) is 14.0. The molecule has 0 radical (unpaired) electrons. The Morgan fingerprint density at radius 1 is 0.966 bits per heavy atom. The molecule has 0 saturated carbocycles. The summed E-state index contributed by atoms with van der Waals surface area (Å²) in [7, 11) is 0. The second-order valence-electron chi connectivity index (χ2n) is 7.27. The molecule has 2 N–H and O–H groups in total. The van der Waals surface area contributed by atoms with Crippen molar-refractivity contribution in [3.8, 4) is 0 Å². The van der Waals surface area contributed by atoms with Crippen LogP contribution in [0.25, 0.3) is 0 Å². The Kier molecular flexibility index (Phi) is 6.39. The fourth-order valence-corrected chi connectivity index (χ4v) is 3.12. The van der Waals surface area contributed by atoms with Crippen LogP contribution in [0.4, 0.5) is 5.69 Å². The van der Waals surface area contributed by atoms with E-state index in [0.29, 0.717) is 17.7 Å². The lowest BCUT2D eigenvalue weighted by Crippen LogP contribution is -2.23. The average Bonchev–Trinajstić information content (AvgIpc) is 2.74. The number of rotatable bonds is 6. The number of benzene rings is 2. The standard InChI is InChI=1S/C24H25N3O2/c1-16(2)21-11-4-7-17(3)22(21)27-24(29)20-10-5-9-19(13-20)23(28)26-15-18-8-6-12-25-14-18/h4-14,16H,15H2,1-3H3,(H,26,28)(H,27,29). The van der Waals surface area contributed by atoms with E-state index in [0.717, 1.165) is 22.4 Å². The van der Waals surface area contributed by atoms with Crippen molar-refractivity contribution in [2.24, 2.45) is 0 Å². The van der Waals surface area contributed by atoms with Gasteiger partial charge in [0.25, 0.3) is 11.8 Å². The number of aryl methyl sites for hydroxylation is 1. The van der Waals surface area contributed by atoms with E-state index in [1.807, 2.05) is 37.3 Å². The molecule has 5 heteroatoms. The molecule has 0 saturated heterocycles. The molecule has 0 unspecified atom stereocenters. The molecule has 3 aromatic rings. The molecule has 1 aromatic heterocycles. The van der Waals surface area contributed by atoms with Crippen molar-refractivity contribution < 1.29 is 9.59 Å². The molecule has 0 fully saturated rings. The zero-order valence-corrected chi connectivity index (χ0v) is 16.9. The molecule has 0 aliphatic heterocycles. The second kappa shape index (κ2) is 9.15. The van der Waals surface area contributed by atoms with Crippen LogP contribution in [0.15, 0.2) is 67.0 Å². The number of carbonyl (C=O) groups excluding carboxylic acids is 2. The van der Waals surface area contributed by atoms with E-state index in [1.165, 1.54) is 0 Å². The third-order valence-corrected chi connectivity index (χ3v) is 4.73. The van der Waals surface area contributed by atoms with E-state index in [4.69, 9.17) is 0 Å². The fraction of sp³-hybridized carbons (Fsp3) is 0.208. The van der Waals surface area contributed by atoms with Gasteiger partial charge in [0, 0.05) is 35.8 Å². The average molecular weight is 387 g/mol. The zero-order valence-electron chi connectivity index (χ0n) is 16.9. The fourth-order valence-electron chi connectivity index (χ4n) is 3.12. The number of hydrogen-bond donors (Lipinski definition) is 2. The molecule has 3 rings (SSSR count). The smallest absolute Gasteiger partial charge is 0.255 e. The molecule has 2 amide bonds. The van der Waals surface area contributed by atoms with Gasteiger partial charge >= 0.3 is 0 Å². The summed E-state index contributed by atoms with van der Waals surface area (Å²) >= 11 is 0. The van der Waals surface area contributed by atoms with Gasteiger partial charge in [0.2, 0.25) is 0 Å². The van der Waals surface area contributed by atoms with Crippen molar-refractivity contribution in [2.75, 3.05) is 5.32 Å². The maximum atomic E-state index is 12.8. The van der Waals surface area contributed by atoms with Crippen LogP contribution in [0, 0.1) is 6.92 Å². The second-order valence-corrected chi connectivity index (χ2v) is 7.27. The molecule has 2 aromatic carbocycles. The van der Waals surface area contributed by atoms with Crippen LogP contribution in [0.2, 0.25) is 0 Å². The quantitative estimate of drug-likeness (QED) is 0.644. The van der Waals surface area contributed by atoms with Crippen molar-refractivity contribution in [3.05, 3.63) is 94.8 Å². The number of anilines is 1. The predicted molar refractivity (Wildman–Crippen MR) is 115 cm³/mol. The van der Waals surface area contributed by atoms with E-state index in [9.17, 15) is 9.59 Å². The van der Waals surface area contributed by atoms with Crippen molar-refractivity contribution in [3.63, 3.8) is 0 Å². The van der Waals surface area contributed by atoms with Gasteiger partial charge in [-0.3, -0.25) is 14.6 Å². The molecule has 0 spiro atoms. The Hall–Kier alpha value is -3.47. The van der Waals surface area contributed by atoms with Crippen LogP contribution in [-0.4, -0.2) is 16.8 Å². The summed E-state index contributed by atoms with van der Waals surface area (Å²) in [4.78, 5) is 29.4. The summed E-state index contributed by atoms with van der Waals surface area (Å²) in [5, 5.41) is 5.88. The van der Waals surface area contributed by atoms with Crippen molar-refractivity contribution in [1.82, 2.24) is 10.3 Å². The van der Waals surface area contributed by atoms with Gasteiger partial charge in [0.1, 0.15) is 0 Å². The van der Waals surface area contributed by atoms with Crippen LogP contribution in [-0.2, 0) is 6.54 Å². The highest BCUT2D eigenvalue weighted by Crippen LogP contribution is 2.27. The van der Waals surface area contributed by atoms with E-state index in [1.54, 1.807) is 36.7 Å².